The predicted octanol–water partition coefficient (Wildman–Crippen LogP) is 3.12. The van der Waals surface area contributed by atoms with E-state index in [-0.39, 0.29) is 18.3 Å². The molecule has 0 atom stereocenters. The first kappa shape index (κ1) is 20.6. The van der Waals surface area contributed by atoms with Gasteiger partial charge in [0.2, 0.25) is 0 Å². The highest BCUT2D eigenvalue weighted by Gasteiger charge is 2.19. The summed E-state index contributed by atoms with van der Waals surface area (Å²) in [5.41, 5.74) is 3.83. The summed E-state index contributed by atoms with van der Waals surface area (Å²) >= 11 is 0. The molecule has 0 radical (unpaired) electrons. The van der Waals surface area contributed by atoms with Gasteiger partial charge in [0.1, 0.15) is 5.56 Å². The van der Waals surface area contributed by atoms with Crippen molar-refractivity contribution in [3.05, 3.63) is 28.7 Å². The third-order valence-corrected chi connectivity index (χ3v) is 5.00. The molecule has 7 heteroatoms. The van der Waals surface area contributed by atoms with Crippen molar-refractivity contribution in [2.24, 2.45) is 0 Å². The fourth-order valence-corrected chi connectivity index (χ4v) is 3.72. The third-order valence-electron chi connectivity index (χ3n) is 5.00. The van der Waals surface area contributed by atoms with Crippen LogP contribution in [0.5, 0.6) is 0 Å². The number of rotatable bonds is 5. The highest BCUT2D eigenvalue weighted by molar-refractivity contribution is 6.01. The number of amides is 1. The van der Waals surface area contributed by atoms with Gasteiger partial charge in [-0.3, -0.25) is 4.79 Å². The summed E-state index contributed by atoms with van der Waals surface area (Å²) < 4.78 is 1.75. The highest BCUT2D eigenvalue weighted by Crippen LogP contribution is 2.17. The van der Waals surface area contributed by atoms with Crippen LogP contribution < -0.4 is 10.6 Å². The number of aryl methyl sites for hydroxylation is 3. The average molecular weight is 380 g/mol. The van der Waals surface area contributed by atoms with Gasteiger partial charge in [0.05, 0.1) is 5.69 Å². The van der Waals surface area contributed by atoms with Crippen LogP contribution in [0, 0.1) is 20.8 Å². The number of fused-ring (bicyclic) bond motifs is 1. The Bertz CT molecular complexity index is 750. The summed E-state index contributed by atoms with van der Waals surface area (Å²) in [6.45, 7) is 7.21. The molecule has 144 valence electrons. The van der Waals surface area contributed by atoms with Crippen LogP contribution in [0.4, 0.5) is 0 Å². The van der Waals surface area contributed by atoms with Crippen LogP contribution in [0.25, 0.3) is 5.65 Å². The number of aromatic nitrogens is 3. The standard InChI is InChI=1S/C19H29N5O.ClH/c1-13-12-14(2)24-18(22-13)17(15(3)23-24)19(25)21-11-10-20-16-8-6-4-5-7-9-16;/h12,16,20H,4-11H2,1-3H3,(H,21,25);1H. The Balaban J connectivity index is 0.00000243. The molecule has 1 aliphatic carbocycles. The molecule has 1 amide bonds. The number of nitrogens with one attached hydrogen (secondary N) is 2. The number of hydrogen-bond donors (Lipinski definition) is 2. The minimum absolute atomic E-state index is 0. The summed E-state index contributed by atoms with van der Waals surface area (Å²) in [5.74, 6) is -0.0901. The molecule has 3 rings (SSSR count). The van der Waals surface area contributed by atoms with E-state index in [1.807, 2.05) is 26.8 Å². The number of carbonyl (C=O) groups excluding carboxylic acids is 1. The second-order valence-corrected chi connectivity index (χ2v) is 7.13. The van der Waals surface area contributed by atoms with Crippen molar-refractivity contribution in [3.63, 3.8) is 0 Å². The lowest BCUT2D eigenvalue weighted by atomic mass is 10.1. The van der Waals surface area contributed by atoms with E-state index < -0.39 is 0 Å². The van der Waals surface area contributed by atoms with Gasteiger partial charge in [0.25, 0.3) is 5.91 Å². The monoisotopic (exact) mass is 379 g/mol. The average Bonchev–Trinajstić information content (AvgIpc) is 2.74. The van der Waals surface area contributed by atoms with E-state index in [4.69, 9.17) is 0 Å². The number of hydrogen-bond acceptors (Lipinski definition) is 4. The van der Waals surface area contributed by atoms with Gasteiger partial charge in [-0.25, -0.2) is 9.50 Å². The lowest BCUT2D eigenvalue weighted by molar-refractivity contribution is 0.0954. The quantitative estimate of drug-likeness (QED) is 0.618. The van der Waals surface area contributed by atoms with Crippen LogP contribution in [0.15, 0.2) is 6.07 Å². The fourth-order valence-electron chi connectivity index (χ4n) is 3.72. The van der Waals surface area contributed by atoms with Crippen LogP contribution in [-0.2, 0) is 0 Å². The van der Waals surface area contributed by atoms with Crippen molar-refractivity contribution in [1.29, 1.82) is 0 Å². The molecule has 2 N–H and O–H groups in total. The van der Waals surface area contributed by atoms with Crippen LogP contribution in [0.3, 0.4) is 0 Å². The molecular weight excluding hydrogens is 350 g/mol. The Hall–Kier alpha value is -1.66. The molecule has 0 saturated heterocycles. The van der Waals surface area contributed by atoms with Gasteiger partial charge in [-0.15, -0.1) is 12.4 Å². The molecule has 1 fully saturated rings. The third kappa shape index (κ3) is 4.74. The molecule has 0 spiro atoms. The maximum absolute atomic E-state index is 12.6. The molecule has 0 bridgehead atoms. The normalized spacial score (nSPS) is 15.5. The molecule has 0 aliphatic heterocycles. The maximum atomic E-state index is 12.6. The molecule has 0 unspecified atom stereocenters. The van der Waals surface area contributed by atoms with E-state index in [1.165, 1.54) is 38.5 Å². The van der Waals surface area contributed by atoms with Crippen LogP contribution in [0.1, 0.15) is 66.0 Å². The van der Waals surface area contributed by atoms with E-state index in [0.717, 1.165) is 23.6 Å². The smallest absolute Gasteiger partial charge is 0.257 e. The van der Waals surface area contributed by atoms with Crippen molar-refractivity contribution in [3.8, 4) is 0 Å². The van der Waals surface area contributed by atoms with Gasteiger partial charge in [-0.05, 0) is 39.7 Å². The molecule has 1 saturated carbocycles. The molecular formula is C19H30ClN5O. The van der Waals surface area contributed by atoms with E-state index in [9.17, 15) is 4.79 Å². The number of carbonyl (C=O) groups is 1. The second-order valence-electron chi connectivity index (χ2n) is 7.13. The van der Waals surface area contributed by atoms with Crippen molar-refractivity contribution in [2.75, 3.05) is 13.1 Å². The first-order valence-corrected chi connectivity index (χ1v) is 9.41. The van der Waals surface area contributed by atoms with Gasteiger partial charge in [0.15, 0.2) is 5.65 Å². The minimum Gasteiger partial charge on any atom is -0.351 e. The zero-order valence-corrected chi connectivity index (χ0v) is 16.8. The van der Waals surface area contributed by atoms with Crippen LogP contribution in [0.2, 0.25) is 0 Å². The van der Waals surface area contributed by atoms with Crippen LogP contribution in [-0.4, -0.2) is 39.6 Å². The van der Waals surface area contributed by atoms with Gasteiger partial charge < -0.3 is 10.6 Å². The van der Waals surface area contributed by atoms with E-state index >= 15 is 0 Å². The largest absolute Gasteiger partial charge is 0.351 e. The van der Waals surface area contributed by atoms with Crippen molar-refractivity contribution in [2.45, 2.75) is 65.3 Å². The molecule has 1 aliphatic rings. The first-order chi connectivity index (χ1) is 12.1. The van der Waals surface area contributed by atoms with Crippen molar-refractivity contribution in [1.82, 2.24) is 25.2 Å². The predicted molar refractivity (Wildman–Crippen MR) is 106 cm³/mol. The van der Waals surface area contributed by atoms with Gasteiger partial charge in [-0.2, -0.15) is 5.10 Å². The number of nitrogens with zero attached hydrogens (tertiary/aromatic N) is 3. The summed E-state index contributed by atoms with van der Waals surface area (Å²) in [7, 11) is 0. The summed E-state index contributed by atoms with van der Waals surface area (Å²) in [5, 5.41) is 11.1. The molecule has 2 aromatic heterocycles. The minimum atomic E-state index is -0.0901. The first-order valence-electron chi connectivity index (χ1n) is 9.41. The van der Waals surface area contributed by atoms with Crippen LogP contribution >= 0.6 is 12.4 Å². The Morgan fingerprint density at radius 2 is 1.85 bits per heavy atom. The van der Waals surface area contributed by atoms with Gasteiger partial charge in [0, 0.05) is 30.5 Å². The summed E-state index contributed by atoms with van der Waals surface area (Å²) in [6, 6.07) is 2.57. The molecule has 2 heterocycles. The lowest BCUT2D eigenvalue weighted by Crippen LogP contribution is -2.37. The SMILES string of the molecule is Cc1cc(C)n2nc(C)c(C(=O)NCCNC3CCCCCC3)c2n1.Cl. The highest BCUT2D eigenvalue weighted by atomic mass is 35.5. The zero-order chi connectivity index (χ0) is 17.8. The molecule has 26 heavy (non-hydrogen) atoms. The van der Waals surface area contributed by atoms with E-state index in [0.29, 0.717) is 23.8 Å². The lowest BCUT2D eigenvalue weighted by Gasteiger charge is -2.16. The van der Waals surface area contributed by atoms with E-state index in [1.54, 1.807) is 4.52 Å². The number of halogens is 1. The van der Waals surface area contributed by atoms with Crippen molar-refractivity contribution >= 4 is 24.0 Å². The van der Waals surface area contributed by atoms with E-state index in [2.05, 4.69) is 20.7 Å². The summed E-state index contributed by atoms with van der Waals surface area (Å²) in [4.78, 5) is 17.2. The molecule has 2 aromatic rings. The Morgan fingerprint density at radius 1 is 1.15 bits per heavy atom. The Morgan fingerprint density at radius 3 is 2.54 bits per heavy atom. The Labute approximate surface area is 161 Å². The Kier molecular flexibility index (Phi) is 7.41. The topological polar surface area (TPSA) is 71.3 Å². The fraction of sp³-hybridized carbons (Fsp3) is 0.632. The maximum Gasteiger partial charge on any atom is 0.257 e. The summed E-state index contributed by atoms with van der Waals surface area (Å²) in [6.07, 6.45) is 7.85. The molecule has 6 nitrogen and oxygen atoms in total. The van der Waals surface area contributed by atoms with Gasteiger partial charge >= 0.3 is 0 Å². The molecule has 0 aromatic carbocycles. The van der Waals surface area contributed by atoms with Gasteiger partial charge in [-0.1, -0.05) is 25.7 Å². The second kappa shape index (κ2) is 9.33. The zero-order valence-electron chi connectivity index (χ0n) is 16.0. The van der Waals surface area contributed by atoms with Crippen molar-refractivity contribution < 1.29 is 4.79 Å².